The zero-order chi connectivity index (χ0) is 12.0. The van der Waals surface area contributed by atoms with Gasteiger partial charge in [-0.2, -0.15) is 0 Å². The van der Waals surface area contributed by atoms with E-state index < -0.39 is 0 Å². The van der Waals surface area contributed by atoms with Gasteiger partial charge in [0, 0.05) is 23.7 Å². The molecule has 0 saturated heterocycles. The van der Waals surface area contributed by atoms with Crippen LogP contribution < -0.4 is 5.32 Å². The molecule has 0 amide bonds. The van der Waals surface area contributed by atoms with Gasteiger partial charge in [0.25, 0.3) is 0 Å². The van der Waals surface area contributed by atoms with Crippen LogP contribution in [0.2, 0.25) is 5.02 Å². The van der Waals surface area contributed by atoms with Crippen LogP contribution in [0.1, 0.15) is 38.3 Å². The second kappa shape index (κ2) is 6.89. The summed E-state index contributed by atoms with van der Waals surface area (Å²) in [5, 5.41) is 13.1. The van der Waals surface area contributed by atoms with Gasteiger partial charge in [0.1, 0.15) is 0 Å². The minimum absolute atomic E-state index is 0.222. The van der Waals surface area contributed by atoms with Crippen LogP contribution in [-0.4, -0.2) is 17.8 Å². The predicted molar refractivity (Wildman–Crippen MR) is 68.8 cm³/mol. The summed E-state index contributed by atoms with van der Waals surface area (Å²) < 4.78 is 0. The Morgan fingerprint density at radius 2 is 2.19 bits per heavy atom. The van der Waals surface area contributed by atoms with Crippen molar-refractivity contribution in [1.29, 1.82) is 0 Å². The van der Waals surface area contributed by atoms with Gasteiger partial charge < -0.3 is 10.4 Å². The van der Waals surface area contributed by atoms with Crippen LogP contribution in [0.4, 0.5) is 0 Å². The third-order valence-electron chi connectivity index (χ3n) is 2.71. The Balaban J connectivity index is 2.67. The molecule has 0 bridgehead atoms. The zero-order valence-electron chi connectivity index (χ0n) is 9.91. The summed E-state index contributed by atoms with van der Waals surface area (Å²) in [6.07, 6.45) is 1.78. The van der Waals surface area contributed by atoms with Gasteiger partial charge >= 0.3 is 0 Å². The van der Waals surface area contributed by atoms with E-state index in [4.69, 9.17) is 16.7 Å². The van der Waals surface area contributed by atoms with Crippen molar-refractivity contribution in [3.8, 4) is 0 Å². The van der Waals surface area contributed by atoms with Gasteiger partial charge in [-0.25, -0.2) is 0 Å². The van der Waals surface area contributed by atoms with Crippen molar-refractivity contribution in [2.24, 2.45) is 0 Å². The van der Waals surface area contributed by atoms with Gasteiger partial charge in [-0.3, -0.25) is 0 Å². The van der Waals surface area contributed by atoms with E-state index in [-0.39, 0.29) is 6.61 Å². The predicted octanol–water partition coefficient (Wildman–Crippen LogP) is 3.15. The lowest BCUT2D eigenvalue weighted by molar-refractivity contribution is 0.262. The zero-order valence-corrected chi connectivity index (χ0v) is 10.7. The molecule has 1 unspecified atom stereocenters. The van der Waals surface area contributed by atoms with Crippen LogP contribution >= 0.6 is 11.6 Å². The average Bonchev–Trinajstić information content (AvgIpc) is 2.26. The Hall–Kier alpha value is -0.570. The van der Waals surface area contributed by atoms with E-state index in [9.17, 15) is 0 Å². The van der Waals surface area contributed by atoms with Crippen molar-refractivity contribution in [2.75, 3.05) is 6.61 Å². The molecule has 2 nitrogen and oxygen atoms in total. The fourth-order valence-electron chi connectivity index (χ4n) is 1.79. The van der Waals surface area contributed by atoms with Crippen molar-refractivity contribution in [3.05, 3.63) is 34.9 Å². The minimum Gasteiger partial charge on any atom is -0.396 e. The van der Waals surface area contributed by atoms with Crippen molar-refractivity contribution in [1.82, 2.24) is 5.32 Å². The standard InChI is InChI=1S/C13H20ClNO/c1-3-13(15-10(2)7-8-16)11-5-4-6-12(14)9-11/h4-6,9-10,13,15-16H,3,7-8H2,1-2H3/t10-,13?/m1/s1. The molecule has 0 aliphatic rings. The van der Waals surface area contributed by atoms with Crippen LogP contribution in [0, 0.1) is 0 Å². The van der Waals surface area contributed by atoms with E-state index in [1.807, 2.05) is 18.2 Å². The van der Waals surface area contributed by atoms with Gasteiger partial charge in [0.2, 0.25) is 0 Å². The Kier molecular flexibility index (Phi) is 5.81. The summed E-state index contributed by atoms with van der Waals surface area (Å²) in [4.78, 5) is 0. The topological polar surface area (TPSA) is 32.3 Å². The molecule has 0 aromatic heterocycles. The van der Waals surface area contributed by atoms with E-state index in [0.717, 1.165) is 17.9 Å². The van der Waals surface area contributed by atoms with Crippen molar-refractivity contribution < 1.29 is 5.11 Å². The molecule has 0 spiro atoms. The molecule has 0 aliphatic carbocycles. The fraction of sp³-hybridized carbons (Fsp3) is 0.538. The van der Waals surface area contributed by atoms with Crippen LogP contribution in [0.15, 0.2) is 24.3 Å². The third kappa shape index (κ3) is 4.12. The highest BCUT2D eigenvalue weighted by Gasteiger charge is 2.12. The van der Waals surface area contributed by atoms with E-state index in [1.165, 1.54) is 5.56 Å². The Labute approximate surface area is 103 Å². The van der Waals surface area contributed by atoms with Crippen molar-refractivity contribution in [3.63, 3.8) is 0 Å². The fourth-order valence-corrected chi connectivity index (χ4v) is 1.99. The summed E-state index contributed by atoms with van der Waals surface area (Å²) in [5.74, 6) is 0. The molecule has 2 N–H and O–H groups in total. The minimum atomic E-state index is 0.222. The summed E-state index contributed by atoms with van der Waals surface area (Å²) >= 11 is 5.98. The molecule has 1 aromatic carbocycles. The van der Waals surface area contributed by atoms with E-state index >= 15 is 0 Å². The number of rotatable bonds is 6. The molecule has 0 heterocycles. The molecule has 16 heavy (non-hydrogen) atoms. The third-order valence-corrected chi connectivity index (χ3v) is 2.94. The molecule has 2 atom stereocenters. The largest absolute Gasteiger partial charge is 0.396 e. The monoisotopic (exact) mass is 241 g/mol. The van der Waals surface area contributed by atoms with Gasteiger partial charge in [-0.15, -0.1) is 0 Å². The van der Waals surface area contributed by atoms with E-state index in [2.05, 4.69) is 25.2 Å². The smallest absolute Gasteiger partial charge is 0.0445 e. The van der Waals surface area contributed by atoms with E-state index in [0.29, 0.717) is 12.1 Å². The number of benzene rings is 1. The molecule has 0 saturated carbocycles. The van der Waals surface area contributed by atoms with Crippen molar-refractivity contribution in [2.45, 2.75) is 38.8 Å². The quantitative estimate of drug-likeness (QED) is 0.802. The highest BCUT2D eigenvalue weighted by atomic mass is 35.5. The van der Waals surface area contributed by atoms with Gasteiger partial charge in [-0.1, -0.05) is 30.7 Å². The molecule has 1 aromatic rings. The number of aliphatic hydroxyl groups excluding tert-OH is 1. The van der Waals surface area contributed by atoms with Gasteiger partial charge in [-0.05, 0) is 37.5 Å². The maximum atomic E-state index is 8.88. The Bertz CT molecular complexity index is 317. The summed E-state index contributed by atoms with van der Waals surface area (Å²) in [5.41, 5.74) is 1.21. The van der Waals surface area contributed by atoms with Crippen LogP contribution in [-0.2, 0) is 0 Å². The SMILES string of the molecule is CCC(N[C@H](C)CCO)c1cccc(Cl)c1. The first kappa shape index (κ1) is 13.5. The molecule has 0 radical (unpaired) electrons. The highest BCUT2D eigenvalue weighted by Crippen LogP contribution is 2.21. The van der Waals surface area contributed by atoms with E-state index in [1.54, 1.807) is 0 Å². The summed E-state index contributed by atoms with van der Waals surface area (Å²) in [6.45, 7) is 4.45. The maximum absolute atomic E-state index is 8.88. The molecule has 3 heteroatoms. The van der Waals surface area contributed by atoms with Crippen LogP contribution in [0.3, 0.4) is 0 Å². The molecule has 90 valence electrons. The average molecular weight is 242 g/mol. The molecule has 1 rings (SSSR count). The van der Waals surface area contributed by atoms with Crippen LogP contribution in [0.25, 0.3) is 0 Å². The highest BCUT2D eigenvalue weighted by molar-refractivity contribution is 6.30. The van der Waals surface area contributed by atoms with Gasteiger partial charge in [0.05, 0.1) is 0 Å². The molecule has 0 fully saturated rings. The lowest BCUT2D eigenvalue weighted by Gasteiger charge is -2.22. The van der Waals surface area contributed by atoms with Crippen molar-refractivity contribution >= 4 is 11.6 Å². The summed E-state index contributed by atoms with van der Waals surface area (Å²) in [7, 11) is 0. The number of halogens is 1. The number of hydrogen-bond donors (Lipinski definition) is 2. The molecular formula is C13H20ClNO. The first-order valence-corrected chi connectivity index (χ1v) is 6.17. The second-order valence-electron chi connectivity index (χ2n) is 4.10. The lowest BCUT2D eigenvalue weighted by atomic mass is 10.0. The number of nitrogens with one attached hydrogen (secondary N) is 1. The molecule has 0 aliphatic heterocycles. The first-order chi connectivity index (χ1) is 7.67. The summed E-state index contributed by atoms with van der Waals surface area (Å²) in [6, 6.07) is 8.55. The number of hydrogen-bond acceptors (Lipinski definition) is 2. The lowest BCUT2D eigenvalue weighted by Crippen LogP contribution is -2.30. The number of aliphatic hydroxyl groups is 1. The Morgan fingerprint density at radius 3 is 2.75 bits per heavy atom. The second-order valence-corrected chi connectivity index (χ2v) is 4.53. The molecular weight excluding hydrogens is 222 g/mol. The van der Waals surface area contributed by atoms with Gasteiger partial charge in [0.15, 0.2) is 0 Å². The maximum Gasteiger partial charge on any atom is 0.0445 e. The normalized spacial score (nSPS) is 14.8. The first-order valence-electron chi connectivity index (χ1n) is 5.79. The Morgan fingerprint density at radius 1 is 1.44 bits per heavy atom. The van der Waals surface area contributed by atoms with Crippen LogP contribution in [0.5, 0.6) is 0 Å².